The molecule has 0 aliphatic carbocycles. The smallest absolute Gasteiger partial charge is 0.410 e. The lowest BCUT2D eigenvalue weighted by Crippen LogP contribution is -2.62. The van der Waals surface area contributed by atoms with E-state index in [1.165, 1.54) is 20.3 Å². The zero-order valence-corrected chi connectivity index (χ0v) is 17.9. The number of methoxy groups -OCH3 is 3. The van der Waals surface area contributed by atoms with Crippen molar-refractivity contribution >= 4 is 12.1 Å². The van der Waals surface area contributed by atoms with E-state index in [9.17, 15) is 9.59 Å². The van der Waals surface area contributed by atoms with Gasteiger partial charge in [-0.15, -0.1) is 0 Å². The first-order valence-corrected chi connectivity index (χ1v) is 9.76. The van der Waals surface area contributed by atoms with Crippen molar-refractivity contribution in [1.82, 2.24) is 14.9 Å². The Kier molecular flexibility index (Phi) is 7.29. The minimum Gasteiger partial charge on any atom is -0.481 e. The van der Waals surface area contributed by atoms with E-state index in [1.807, 2.05) is 18.2 Å². The molecule has 1 fully saturated rings. The molecule has 2 atom stereocenters. The molecule has 1 amide bonds. The quantitative estimate of drug-likeness (QED) is 0.588. The summed E-state index contributed by atoms with van der Waals surface area (Å²) in [5.74, 6) is -0.912. The van der Waals surface area contributed by atoms with Crippen LogP contribution < -0.4 is 14.2 Å². The molecule has 32 heavy (non-hydrogen) atoms. The minimum absolute atomic E-state index is 0.0189. The fraction of sp³-hybridized carbons (Fsp3) is 0.429. The number of piperidine rings is 1. The van der Waals surface area contributed by atoms with Crippen LogP contribution in [-0.4, -0.2) is 73.1 Å². The predicted molar refractivity (Wildman–Crippen MR) is 108 cm³/mol. The Hall–Kier alpha value is -3.63. The van der Waals surface area contributed by atoms with Crippen molar-refractivity contribution < 1.29 is 37.7 Å². The molecule has 10 nitrogen and oxygen atoms in total. The molecule has 1 saturated heterocycles. The van der Waals surface area contributed by atoms with Gasteiger partial charge in [-0.2, -0.15) is 9.97 Å². The maximum atomic E-state index is 15.9. The number of esters is 1. The molecule has 0 N–H and O–H groups in total. The van der Waals surface area contributed by atoms with Crippen LogP contribution in [0, 0.1) is 0 Å². The van der Waals surface area contributed by atoms with Gasteiger partial charge < -0.3 is 28.6 Å². The van der Waals surface area contributed by atoms with Crippen molar-refractivity contribution in [3.8, 4) is 17.8 Å². The van der Waals surface area contributed by atoms with Gasteiger partial charge in [0, 0.05) is 13.0 Å². The van der Waals surface area contributed by atoms with Crippen molar-refractivity contribution in [3.63, 3.8) is 0 Å². The van der Waals surface area contributed by atoms with E-state index in [4.69, 9.17) is 18.9 Å². The maximum Gasteiger partial charge on any atom is 0.410 e. The summed E-state index contributed by atoms with van der Waals surface area (Å²) < 4.78 is 41.5. The van der Waals surface area contributed by atoms with Gasteiger partial charge in [-0.25, -0.2) is 14.0 Å². The van der Waals surface area contributed by atoms with Crippen LogP contribution in [0.25, 0.3) is 0 Å². The number of aromatic nitrogens is 2. The van der Waals surface area contributed by atoms with Crippen molar-refractivity contribution in [1.29, 1.82) is 0 Å². The van der Waals surface area contributed by atoms with Gasteiger partial charge in [0.25, 0.3) is 5.67 Å². The third kappa shape index (κ3) is 5.16. The first-order valence-electron chi connectivity index (χ1n) is 9.76. The number of alkyl halides is 1. The average molecular weight is 449 g/mol. The summed E-state index contributed by atoms with van der Waals surface area (Å²) in [4.78, 5) is 33.9. The van der Waals surface area contributed by atoms with E-state index in [2.05, 4.69) is 14.7 Å². The molecule has 0 bridgehead atoms. The lowest BCUT2D eigenvalue weighted by molar-refractivity contribution is -0.167. The minimum atomic E-state index is -2.67. The van der Waals surface area contributed by atoms with E-state index >= 15 is 4.39 Å². The summed E-state index contributed by atoms with van der Waals surface area (Å²) in [6.45, 7) is -0.508. The SMILES string of the molecule is COC(=O)C1(F)CN(C(=O)OCc2ccccc2)CCC1Oc1nc(OC)cc(OC)n1. The van der Waals surface area contributed by atoms with Crippen LogP contribution in [0.1, 0.15) is 12.0 Å². The van der Waals surface area contributed by atoms with Gasteiger partial charge in [0.1, 0.15) is 6.61 Å². The lowest BCUT2D eigenvalue weighted by Gasteiger charge is -2.39. The molecule has 0 radical (unpaired) electrons. The number of likely N-dealkylation sites (tertiary alicyclic amines) is 1. The first kappa shape index (κ1) is 23.0. The van der Waals surface area contributed by atoms with Crippen LogP contribution in [0.5, 0.6) is 17.8 Å². The van der Waals surface area contributed by atoms with E-state index in [0.717, 1.165) is 17.6 Å². The number of carbonyl (C=O) groups excluding carboxylic acids is 2. The molecule has 3 rings (SSSR count). The Morgan fingerprint density at radius 1 is 1.12 bits per heavy atom. The normalized spacial score (nSPS) is 20.2. The van der Waals surface area contributed by atoms with Crippen LogP contribution in [0.4, 0.5) is 9.18 Å². The molecule has 2 aromatic rings. The van der Waals surface area contributed by atoms with Gasteiger partial charge >= 0.3 is 18.1 Å². The number of rotatable bonds is 7. The highest BCUT2D eigenvalue weighted by Gasteiger charge is 2.54. The van der Waals surface area contributed by atoms with Gasteiger partial charge in [-0.1, -0.05) is 30.3 Å². The Labute approximate surface area is 184 Å². The van der Waals surface area contributed by atoms with Crippen LogP contribution in [0.3, 0.4) is 0 Å². The van der Waals surface area contributed by atoms with Crippen LogP contribution in [-0.2, 0) is 20.9 Å². The van der Waals surface area contributed by atoms with Gasteiger partial charge in [-0.05, 0) is 5.56 Å². The average Bonchev–Trinajstić information content (AvgIpc) is 2.83. The monoisotopic (exact) mass is 449 g/mol. The second-order valence-electron chi connectivity index (χ2n) is 6.95. The highest BCUT2D eigenvalue weighted by molar-refractivity contribution is 5.82. The highest BCUT2D eigenvalue weighted by atomic mass is 19.1. The molecule has 11 heteroatoms. The van der Waals surface area contributed by atoms with Crippen molar-refractivity contribution in [2.45, 2.75) is 24.8 Å². The number of carbonyl (C=O) groups is 2. The standard InChI is InChI=1S/C21H24FN3O7/c1-28-16-11-17(29-2)24-19(23-16)32-15-9-10-25(13-21(15,22)18(26)30-3)20(27)31-12-14-7-5-4-6-8-14/h4-8,11,15H,9-10,12-13H2,1-3H3. The zero-order chi connectivity index (χ0) is 23.1. The van der Waals surface area contributed by atoms with Gasteiger partial charge in [-0.3, -0.25) is 0 Å². The van der Waals surface area contributed by atoms with Gasteiger partial charge in [0.15, 0.2) is 6.10 Å². The first-order chi connectivity index (χ1) is 15.4. The Bertz CT molecular complexity index is 924. The second kappa shape index (κ2) is 10.1. The van der Waals surface area contributed by atoms with E-state index in [0.29, 0.717) is 0 Å². The Balaban J connectivity index is 1.74. The predicted octanol–water partition coefficient (Wildman–Crippen LogP) is 2.17. The largest absolute Gasteiger partial charge is 0.481 e. The maximum absolute atomic E-state index is 15.9. The Morgan fingerprint density at radius 2 is 1.78 bits per heavy atom. The molecule has 0 spiro atoms. The molecule has 0 saturated carbocycles. The number of ether oxygens (including phenoxy) is 5. The number of benzene rings is 1. The summed E-state index contributed by atoms with van der Waals surface area (Å²) in [5, 5.41) is 0. The van der Waals surface area contributed by atoms with Crippen LogP contribution in [0.2, 0.25) is 0 Å². The summed E-state index contributed by atoms with van der Waals surface area (Å²) in [5.41, 5.74) is -1.89. The summed E-state index contributed by atoms with van der Waals surface area (Å²) in [6, 6.07) is 10.2. The number of hydrogen-bond donors (Lipinski definition) is 0. The molecule has 1 aliphatic heterocycles. The van der Waals surface area contributed by atoms with E-state index in [1.54, 1.807) is 12.1 Å². The number of halogens is 1. The van der Waals surface area contributed by atoms with Gasteiger partial charge in [0.05, 0.1) is 33.9 Å². The molecule has 1 aromatic carbocycles. The Morgan fingerprint density at radius 3 is 2.38 bits per heavy atom. The van der Waals surface area contributed by atoms with Crippen LogP contribution >= 0.6 is 0 Å². The molecular formula is C21H24FN3O7. The third-order valence-corrected chi connectivity index (χ3v) is 4.91. The molecule has 2 unspecified atom stereocenters. The fourth-order valence-electron chi connectivity index (χ4n) is 3.22. The molecule has 172 valence electrons. The fourth-order valence-corrected chi connectivity index (χ4v) is 3.22. The van der Waals surface area contributed by atoms with Crippen molar-refractivity contribution in [2.75, 3.05) is 34.4 Å². The van der Waals surface area contributed by atoms with Crippen molar-refractivity contribution in [3.05, 3.63) is 42.0 Å². The van der Waals surface area contributed by atoms with Crippen LogP contribution in [0.15, 0.2) is 36.4 Å². The number of hydrogen-bond acceptors (Lipinski definition) is 9. The summed E-state index contributed by atoms with van der Waals surface area (Å²) in [7, 11) is 3.83. The van der Waals surface area contributed by atoms with E-state index < -0.39 is 30.4 Å². The van der Waals surface area contributed by atoms with Gasteiger partial charge in [0.2, 0.25) is 11.8 Å². The second-order valence-corrected chi connectivity index (χ2v) is 6.95. The highest BCUT2D eigenvalue weighted by Crippen LogP contribution is 2.32. The zero-order valence-electron chi connectivity index (χ0n) is 17.9. The summed E-state index contributed by atoms with van der Waals surface area (Å²) >= 11 is 0. The molecule has 2 heterocycles. The molecule has 1 aromatic heterocycles. The summed E-state index contributed by atoms with van der Waals surface area (Å²) in [6.07, 6.45) is -2.10. The lowest BCUT2D eigenvalue weighted by atomic mass is 9.91. The number of nitrogens with zero attached hydrogens (tertiary/aromatic N) is 3. The molecular weight excluding hydrogens is 425 g/mol. The third-order valence-electron chi connectivity index (χ3n) is 4.91. The molecule has 1 aliphatic rings. The van der Waals surface area contributed by atoms with Crippen molar-refractivity contribution in [2.24, 2.45) is 0 Å². The number of amides is 1. The topological polar surface area (TPSA) is 109 Å². The van der Waals surface area contributed by atoms with E-state index in [-0.39, 0.29) is 37.3 Å².